The third-order valence-corrected chi connectivity index (χ3v) is 6.59. The van der Waals surface area contributed by atoms with Crippen LogP contribution in [-0.2, 0) is 19.7 Å². The number of carbonyl (C=O) groups is 1. The van der Waals surface area contributed by atoms with E-state index in [1.165, 1.54) is 11.4 Å². The summed E-state index contributed by atoms with van der Waals surface area (Å²) in [6, 6.07) is 0.0447. The van der Waals surface area contributed by atoms with Gasteiger partial charge < -0.3 is 10.1 Å². The number of rotatable bonds is 6. The lowest BCUT2D eigenvalue weighted by Crippen LogP contribution is -2.52. The van der Waals surface area contributed by atoms with Crippen molar-refractivity contribution in [1.29, 1.82) is 0 Å². The largest absolute Gasteiger partial charge is 0.469 e. The lowest BCUT2D eigenvalue weighted by atomic mass is 9.99. The van der Waals surface area contributed by atoms with Crippen LogP contribution in [0.1, 0.15) is 32.6 Å². The Morgan fingerprint density at radius 3 is 2.43 bits per heavy atom. The normalized spacial score (nSPS) is 23.7. The van der Waals surface area contributed by atoms with Crippen molar-refractivity contribution in [3.05, 3.63) is 0 Å². The molecule has 2 fully saturated rings. The van der Waals surface area contributed by atoms with E-state index in [0.29, 0.717) is 32.5 Å². The molecule has 0 saturated carbocycles. The maximum Gasteiger partial charge on any atom is 0.308 e. The number of piperidine rings is 1. The molecular weight excluding hydrogens is 342 g/mol. The summed E-state index contributed by atoms with van der Waals surface area (Å²) in [7, 11) is -2.07. The number of ether oxygens (including phenoxy) is 1. The van der Waals surface area contributed by atoms with Crippen molar-refractivity contribution in [1.82, 2.24) is 13.9 Å². The summed E-state index contributed by atoms with van der Waals surface area (Å²) in [6.07, 6.45) is 2.73. The van der Waals surface area contributed by atoms with Crippen molar-refractivity contribution in [2.45, 2.75) is 38.6 Å². The molecule has 2 aliphatic heterocycles. The summed E-state index contributed by atoms with van der Waals surface area (Å²) in [5.41, 5.74) is 0. The standard InChI is InChI=1S/C14H27N3O4S.ClH/c1-3-8-17(13-4-7-15-11-13)22(19,20)16-9-5-12(6-10-16)14(18)21-2;/h12-13,15H,3-11H2,1-2H3;1H. The molecule has 136 valence electrons. The molecule has 0 aromatic rings. The molecule has 0 amide bonds. The SMILES string of the molecule is CCCN(C1CCNC1)S(=O)(=O)N1CCC(C(=O)OC)CC1.Cl. The van der Waals surface area contributed by atoms with Crippen molar-refractivity contribution in [2.75, 3.05) is 39.8 Å². The Balaban J connectivity index is 0.00000264. The number of nitrogens with zero attached hydrogens (tertiary/aromatic N) is 2. The molecule has 0 aliphatic carbocycles. The van der Waals surface area contributed by atoms with Crippen LogP contribution in [0.3, 0.4) is 0 Å². The van der Waals surface area contributed by atoms with E-state index in [2.05, 4.69) is 5.32 Å². The lowest BCUT2D eigenvalue weighted by molar-refractivity contribution is -0.146. The summed E-state index contributed by atoms with van der Waals surface area (Å²) in [4.78, 5) is 11.6. The molecule has 0 radical (unpaired) electrons. The van der Waals surface area contributed by atoms with E-state index in [4.69, 9.17) is 4.74 Å². The molecule has 9 heteroatoms. The lowest BCUT2D eigenvalue weighted by Gasteiger charge is -2.36. The van der Waals surface area contributed by atoms with Crippen LogP contribution in [0.25, 0.3) is 0 Å². The Kier molecular flexibility index (Phi) is 8.23. The average Bonchev–Trinajstić information content (AvgIpc) is 3.05. The van der Waals surface area contributed by atoms with E-state index in [0.717, 1.165) is 25.9 Å². The molecule has 0 spiro atoms. The summed E-state index contributed by atoms with van der Waals surface area (Å²) in [6.45, 7) is 4.91. The highest BCUT2D eigenvalue weighted by atomic mass is 35.5. The van der Waals surface area contributed by atoms with Gasteiger partial charge in [-0.3, -0.25) is 4.79 Å². The zero-order valence-electron chi connectivity index (χ0n) is 13.9. The van der Waals surface area contributed by atoms with Crippen molar-refractivity contribution < 1.29 is 17.9 Å². The van der Waals surface area contributed by atoms with Crippen LogP contribution < -0.4 is 5.32 Å². The first-order valence-corrected chi connectivity index (χ1v) is 9.45. The van der Waals surface area contributed by atoms with Gasteiger partial charge in [0.25, 0.3) is 10.2 Å². The molecule has 0 aromatic heterocycles. The first-order chi connectivity index (χ1) is 10.5. The Morgan fingerprint density at radius 1 is 1.30 bits per heavy atom. The van der Waals surface area contributed by atoms with Crippen LogP contribution in [-0.4, -0.2) is 68.9 Å². The van der Waals surface area contributed by atoms with Crippen LogP contribution in [0.2, 0.25) is 0 Å². The molecular formula is C14H28ClN3O4S. The highest BCUT2D eigenvalue weighted by Crippen LogP contribution is 2.24. The van der Waals surface area contributed by atoms with E-state index in [-0.39, 0.29) is 30.3 Å². The molecule has 2 rings (SSSR count). The van der Waals surface area contributed by atoms with Gasteiger partial charge in [-0.2, -0.15) is 17.0 Å². The molecule has 2 saturated heterocycles. The average molecular weight is 370 g/mol. The minimum Gasteiger partial charge on any atom is -0.469 e. The number of nitrogens with one attached hydrogen (secondary N) is 1. The predicted molar refractivity (Wildman–Crippen MR) is 90.8 cm³/mol. The molecule has 1 atom stereocenters. The molecule has 1 N–H and O–H groups in total. The fourth-order valence-electron chi connectivity index (χ4n) is 3.23. The topological polar surface area (TPSA) is 79.0 Å². The van der Waals surface area contributed by atoms with E-state index in [1.54, 1.807) is 4.31 Å². The molecule has 7 nitrogen and oxygen atoms in total. The van der Waals surface area contributed by atoms with Crippen LogP contribution in [0, 0.1) is 5.92 Å². The van der Waals surface area contributed by atoms with Gasteiger partial charge in [0.15, 0.2) is 0 Å². The minimum atomic E-state index is -3.45. The third-order valence-electron chi connectivity index (χ3n) is 4.50. The van der Waals surface area contributed by atoms with E-state index < -0.39 is 10.2 Å². The summed E-state index contributed by atoms with van der Waals surface area (Å²) >= 11 is 0. The fourth-order valence-corrected chi connectivity index (χ4v) is 5.17. The molecule has 23 heavy (non-hydrogen) atoms. The van der Waals surface area contributed by atoms with Gasteiger partial charge in [-0.1, -0.05) is 6.92 Å². The van der Waals surface area contributed by atoms with Crippen LogP contribution in [0.5, 0.6) is 0 Å². The zero-order valence-corrected chi connectivity index (χ0v) is 15.5. The second-order valence-electron chi connectivity index (χ2n) is 5.96. The number of halogens is 1. The fraction of sp³-hybridized carbons (Fsp3) is 0.929. The summed E-state index contributed by atoms with van der Waals surface area (Å²) < 4.78 is 33.8. The van der Waals surface area contributed by atoms with E-state index >= 15 is 0 Å². The van der Waals surface area contributed by atoms with Gasteiger partial charge in [0.2, 0.25) is 0 Å². The third kappa shape index (κ3) is 4.79. The minimum absolute atomic E-state index is 0. The quantitative estimate of drug-likeness (QED) is 0.694. The highest BCUT2D eigenvalue weighted by molar-refractivity contribution is 7.86. The summed E-state index contributed by atoms with van der Waals surface area (Å²) in [5.74, 6) is -0.410. The molecule has 0 bridgehead atoms. The number of methoxy groups -OCH3 is 1. The van der Waals surface area contributed by atoms with Crippen molar-refractivity contribution in [3.63, 3.8) is 0 Å². The number of hydrogen-bond donors (Lipinski definition) is 1. The van der Waals surface area contributed by atoms with Gasteiger partial charge in [0, 0.05) is 32.2 Å². The van der Waals surface area contributed by atoms with Gasteiger partial charge >= 0.3 is 5.97 Å². The van der Waals surface area contributed by atoms with Crippen LogP contribution in [0.15, 0.2) is 0 Å². The smallest absolute Gasteiger partial charge is 0.308 e. The number of carbonyl (C=O) groups excluding carboxylic acids is 1. The Bertz CT molecular complexity index is 474. The second-order valence-corrected chi connectivity index (χ2v) is 7.84. The second kappa shape index (κ2) is 9.17. The number of esters is 1. The molecule has 2 heterocycles. The van der Waals surface area contributed by atoms with Crippen LogP contribution >= 0.6 is 12.4 Å². The summed E-state index contributed by atoms with van der Waals surface area (Å²) in [5, 5.41) is 3.23. The van der Waals surface area contributed by atoms with E-state index in [9.17, 15) is 13.2 Å². The first-order valence-electron chi connectivity index (χ1n) is 8.06. The highest BCUT2D eigenvalue weighted by Gasteiger charge is 2.38. The monoisotopic (exact) mass is 369 g/mol. The van der Waals surface area contributed by atoms with Crippen molar-refractivity contribution in [3.8, 4) is 0 Å². The van der Waals surface area contributed by atoms with Crippen molar-refractivity contribution >= 4 is 28.6 Å². The first kappa shape index (κ1) is 20.6. The number of hydrogen-bond acceptors (Lipinski definition) is 5. The van der Waals surface area contributed by atoms with Gasteiger partial charge in [0.1, 0.15) is 0 Å². The molecule has 0 aromatic carbocycles. The van der Waals surface area contributed by atoms with Crippen molar-refractivity contribution in [2.24, 2.45) is 5.92 Å². The predicted octanol–water partition coefficient (Wildman–Crippen LogP) is 0.612. The Labute approximate surface area is 145 Å². The van der Waals surface area contributed by atoms with Gasteiger partial charge in [0.05, 0.1) is 13.0 Å². The zero-order chi connectivity index (χ0) is 16.2. The van der Waals surface area contributed by atoms with Crippen LogP contribution in [0.4, 0.5) is 0 Å². The maximum absolute atomic E-state index is 12.9. The van der Waals surface area contributed by atoms with E-state index in [1.807, 2.05) is 6.92 Å². The van der Waals surface area contributed by atoms with Gasteiger partial charge in [-0.25, -0.2) is 0 Å². The Morgan fingerprint density at radius 2 is 1.96 bits per heavy atom. The Hall–Kier alpha value is -0.410. The van der Waals surface area contributed by atoms with Gasteiger partial charge in [-0.15, -0.1) is 12.4 Å². The van der Waals surface area contributed by atoms with Gasteiger partial charge in [-0.05, 0) is 32.2 Å². The molecule has 1 unspecified atom stereocenters. The molecule has 2 aliphatic rings. The maximum atomic E-state index is 12.9.